The number of oxazole rings is 2. The van der Waals surface area contributed by atoms with E-state index in [2.05, 4.69) is 78.7 Å². The van der Waals surface area contributed by atoms with Gasteiger partial charge in [-0.25, -0.2) is 14.3 Å². The predicted octanol–water partition coefficient (Wildman–Crippen LogP) is 24.7. The van der Waals surface area contributed by atoms with Gasteiger partial charge in [0.1, 0.15) is 23.5 Å². The normalized spacial score (nSPS) is 7.38. The third-order valence-electron chi connectivity index (χ3n) is 6.71. The standard InChI is InChI=1S/C5H7N.C5H6O.C5H6S.2C4H6N2.3C4H5NO.3C4H5NS.11C2H6/c3*1-5-3-2-4-6-5;1-6-4-2-3-5-6;1-4-2-3-5-6-4;1-4-2-5-3-6-4;1-4-5-2-3-6-4;1-4-2-3-5-6-4;1-4-2-5-3-6-4;1-4-5-2-3-6-4;1-4-2-3-5-6-4;11*1-2/h2-4,6H,1H3;3*2-4H,1H3;2-3H,1H3,(H,5,6);6*2-3H,1H3;11*1-2H3. The van der Waals surface area contributed by atoms with Crippen LogP contribution >= 0.6 is 45.5 Å². The first kappa shape index (κ1) is 106. The molecule has 0 amide bonds. The summed E-state index contributed by atoms with van der Waals surface area (Å²) < 4.78 is 24.5. The largest absolute Gasteiger partial charge is 0.470 e. The zero-order valence-electron chi connectivity index (χ0n) is 61.3. The van der Waals surface area contributed by atoms with Crippen molar-refractivity contribution < 1.29 is 17.8 Å². The Hall–Kier alpha value is -6.80. The average Bonchev–Trinajstić information content (AvgIpc) is 4.40. The summed E-state index contributed by atoms with van der Waals surface area (Å²) in [5.74, 6) is 3.40. The van der Waals surface area contributed by atoms with Gasteiger partial charge in [0.2, 0.25) is 0 Å². The number of thiophene rings is 1. The number of aryl methyl sites for hydroxylation is 11. The molecule has 0 spiro atoms. The van der Waals surface area contributed by atoms with Crippen molar-refractivity contribution in [1.82, 2.24) is 54.4 Å². The summed E-state index contributed by atoms with van der Waals surface area (Å²) in [6, 6.07) is 19.6. The van der Waals surface area contributed by atoms with Crippen molar-refractivity contribution in [1.29, 1.82) is 0 Å². The molecule has 11 heterocycles. The molecule has 19 heteroatoms. The van der Waals surface area contributed by atoms with Gasteiger partial charge < -0.3 is 22.8 Å². The van der Waals surface area contributed by atoms with Gasteiger partial charge in [-0.3, -0.25) is 19.7 Å². The van der Waals surface area contributed by atoms with Crippen LogP contribution in [0.4, 0.5) is 0 Å². The Kier molecular flexibility index (Phi) is 123. The van der Waals surface area contributed by atoms with E-state index >= 15 is 0 Å². The molecule has 0 aliphatic carbocycles. The van der Waals surface area contributed by atoms with E-state index in [0.717, 1.165) is 33.9 Å². The molecule has 11 rings (SSSR count). The molecule has 0 aliphatic rings. The average molecular weight is 1300 g/mol. The lowest BCUT2D eigenvalue weighted by Gasteiger charge is -1.77. The zero-order chi connectivity index (χ0) is 70.5. The van der Waals surface area contributed by atoms with Gasteiger partial charge in [-0.15, -0.1) is 34.0 Å². The van der Waals surface area contributed by atoms with E-state index < -0.39 is 0 Å². The van der Waals surface area contributed by atoms with E-state index in [1.54, 1.807) is 108 Å². The van der Waals surface area contributed by atoms with Crippen molar-refractivity contribution in [2.24, 2.45) is 7.05 Å². The molecule has 11 aromatic heterocycles. The maximum absolute atomic E-state index is 4.83. The molecule has 0 bridgehead atoms. The van der Waals surface area contributed by atoms with Gasteiger partial charge in [0.15, 0.2) is 12.3 Å². The smallest absolute Gasteiger partial charge is 0.190 e. The highest BCUT2D eigenvalue weighted by Gasteiger charge is 1.81. The summed E-state index contributed by atoms with van der Waals surface area (Å²) in [7, 11) is 1.89. The number of nitrogens with zero attached hydrogens (tertiary/aromatic N) is 9. The van der Waals surface area contributed by atoms with Crippen molar-refractivity contribution >= 4 is 45.5 Å². The summed E-state index contributed by atoms with van der Waals surface area (Å²) in [6.07, 6.45) is 22.3. The maximum atomic E-state index is 4.83. The third-order valence-corrected chi connectivity index (χ3v) is 9.57. The fraction of sp³-hybridized carbons (Fsp3) is 0.478. The highest BCUT2D eigenvalue weighted by molar-refractivity contribution is 7.10. The van der Waals surface area contributed by atoms with E-state index in [-0.39, 0.29) is 0 Å². The molecular weight excluding hydrogens is 1180 g/mol. The lowest BCUT2D eigenvalue weighted by Crippen LogP contribution is -1.83. The second-order valence-corrected chi connectivity index (χ2v) is 17.2. The Morgan fingerprint density at radius 3 is 1.19 bits per heavy atom. The number of aromatic amines is 2. The summed E-state index contributed by atoms with van der Waals surface area (Å²) in [4.78, 5) is 22.1. The summed E-state index contributed by atoms with van der Waals surface area (Å²) in [5.41, 5.74) is 4.15. The van der Waals surface area contributed by atoms with Gasteiger partial charge in [-0.1, -0.05) is 164 Å². The monoisotopic (exact) mass is 1300 g/mol. The van der Waals surface area contributed by atoms with E-state index in [0.29, 0.717) is 0 Å². The van der Waals surface area contributed by atoms with Crippen LogP contribution in [0.1, 0.15) is 207 Å². The van der Waals surface area contributed by atoms with Gasteiger partial charge in [0.25, 0.3) is 0 Å². The van der Waals surface area contributed by atoms with E-state index in [4.69, 9.17) is 13.3 Å². The Balaban J connectivity index is -0.0000000798. The lowest BCUT2D eigenvalue weighted by atomic mass is 10.5. The van der Waals surface area contributed by atoms with Crippen LogP contribution in [0, 0.1) is 69.2 Å². The van der Waals surface area contributed by atoms with Gasteiger partial charge in [-0.05, 0) is 128 Å². The summed E-state index contributed by atoms with van der Waals surface area (Å²) >= 11 is 6.64. The Labute approximate surface area is 555 Å². The van der Waals surface area contributed by atoms with Gasteiger partial charge in [0.05, 0.1) is 35.4 Å². The highest BCUT2D eigenvalue weighted by atomic mass is 32.1. The minimum atomic E-state index is 0.718. The fourth-order valence-electron chi connectivity index (χ4n) is 3.52. The molecule has 15 nitrogen and oxygen atoms in total. The van der Waals surface area contributed by atoms with Crippen LogP contribution in [0.3, 0.4) is 0 Å². The number of hydrogen-bond acceptors (Lipinski definition) is 16. The Morgan fingerprint density at radius 2 is 1.07 bits per heavy atom. The molecule has 0 unspecified atom stereocenters. The molecule has 0 aromatic carbocycles. The summed E-state index contributed by atoms with van der Waals surface area (Å²) in [5, 5.41) is 18.9. The number of thiazole rings is 2. The lowest BCUT2D eigenvalue weighted by molar-refractivity contribution is 0.397. The Bertz CT molecular complexity index is 1850. The minimum Gasteiger partial charge on any atom is -0.470 e. The Morgan fingerprint density at radius 1 is 0.443 bits per heavy atom. The SMILES string of the molecule is CC.CC.CC.CC.CC.CC.CC.CC.CC.CC.CC.Cc1ccc[nH]1.Cc1ccco1.Cc1cccs1.Cc1ccn[nH]1.Cc1ccno1.Cc1ccns1.Cc1cnco1.Cc1cncs1.Cc1ncco1.Cc1nccs1.Cn1cccn1. The number of aromatic nitrogens is 11. The molecular formula is C69H127N11O4S4. The van der Waals surface area contributed by atoms with Crippen molar-refractivity contribution in [2.45, 2.75) is 222 Å². The van der Waals surface area contributed by atoms with Crippen LogP contribution in [-0.2, 0) is 7.05 Å². The van der Waals surface area contributed by atoms with Crippen molar-refractivity contribution in [2.75, 3.05) is 0 Å². The first-order valence-electron chi connectivity index (χ1n) is 31.0. The van der Waals surface area contributed by atoms with E-state index in [9.17, 15) is 0 Å². The fourth-order valence-corrected chi connectivity index (χ4v) is 5.31. The highest BCUT2D eigenvalue weighted by Crippen LogP contribution is 2.04. The molecule has 0 saturated carbocycles. The zero-order valence-corrected chi connectivity index (χ0v) is 64.6. The second kappa shape index (κ2) is 102. The molecule has 506 valence electrons. The van der Waals surface area contributed by atoms with Gasteiger partial charge in [0, 0.05) is 94.8 Å². The van der Waals surface area contributed by atoms with Crippen molar-refractivity contribution in [3.63, 3.8) is 0 Å². The summed E-state index contributed by atoms with van der Waals surface area (Å²) in [6.45, 7) is 63.6. The quantitative estimate of drug-likeness (QED) is 0.146. The van der Waals surface area contributed by atoms with E-state index in [1.165, 1.54) is 38.3 Å². The molecule has 0 radical (unpaired) electrons. The van der Waals surface area contributed by atoms with Crippen molar-refractivity contribution in [3.05, 3.63) is 212 Å². The van der Waals surface area contributed by atoms with Crippen LogP contribution in [0.5, 0.6) is 0 Å². The topological polar surface area (TPSA) is 192 Å². The van der Waals surface area contributed by atoms with Crippen LogP contribution in [0.2, 0.25) is 0 Å². The van der Waals surface area contributed by atoms with Crippen LogP contribution in [-0.4, -0.2) is 54.4 Å². The van der Waals surface area contributed by atoms with Gasteiger partial charge >= 0.3 is 0 Å². The molecule has 11 aromatic rings. The number of rotatable bonds is 0. The van der Waals surface area contributed by atoms with Crippen LogP contribution in [0.15, 0.2) is 176 Å². The number of H-pyrrole nitrogens is 2. The molecule has 88 heavy (non-hydrogen) atoms. The predicted molar refractivity (Wildman–Crippen MR) is 394 cm³/mol. The number of nitrogens with one attached hydrogen (secondary N) is 2. The third kappa shape index (κ3) is 98.3. The molecule has 2 N–H and O–H groups in total. The van der Waals surface area contributed by atoms with Crippen LogP contribution < -0.4 is 0 Å². The first-order chi connectivity index (χ1) is 42.8. The molecule has 0 atom stereocenters. The van der Waals surface area contributed by atoms with E-state index in [1.807, 2.05) is 287 Å². The minimum absolute atomic E-state index is 0.718. The number of furan rings is 1. The number of hydrogen-bond donors (Lipinski definition) is 2. The van der Waals surface area contributed by atoms with Crippen LogP contribution in [0.25, 0.3) is 0 Å². The molecule has 0 saturated heterocycles. The first-order valence-corrected chi connectivity index (χ1v) is 34.4. The molecule has 0 fully saturated rings. The molecule has 0 aliphatic heterocycles. The van der Waals surface area contributed by atoms with Gasteiger partial charge in [-0.2, -0.15) is 10.2 Å². The van der Waals surface area contributed by atoms with Crippen molar-refractivity contribution in [3.8, 4) is 0 Å². The maximum Gasteiger partial charge on any atom is 0.190 e. The second-order valence-electron chi connectivity index (χ2n) is 12.8.